The van der Waals surface area contributed by atoms with E-state index in [2.05, 4.69) is 40.2 Å². The van der Waals surface area contributed by atoms with Gasteiger partial charge in [-0.2, -0.15) is 0 Å². The number of likely N-dealkylation sites (N-methyl/N-ethyl adjacent to an activating group) is 1. The topological polar surface area (TPSA) is 12.5 Å². The van der Waals surface area contributed by atoms with Crippen molar-refractivity contribution in [2.75, 3.05) is 21.1 Å². The van der Waals surface area contributed by atoms with Crippen molar-refractivity contribution < 1.29 is 9.22 Å². The Labute approximate surface area is 152 Å². The van der Waals surface area contributed by atoms with Crippen LogP contribution in [-0.4, -0.2) is 38.0 Å². The third-order valence-electron chi connectivity index (χ3n) is 5.07. The van der Waals surface area contributed by atoms with E-state index in [1.54, 1.807) is 0 Å². The van der Waals surface area contributed by atoms with Gasteiger partial charge in [0.2, 0.25) is 6.23 Å². The Morgan fingerprint density at radius 3 is 1.71 bits per heavy atom. The lowest BCUT2D eigenvalue weighted by Gasteiger charge is -2.21. The Kier molecular flexibility index (Phi) is 11.7. The molecule has 2 atom stereocenters. The summed E-state index contributed by atoms with van der Waals surface area (Å²) in [7, 11) is 6.68. The van der Waals surface area contributed by atoms with Gasteiger partial charge in [-0.05, 0) is 32.1 Å². The minimum absolute atomic E-state index is 0.460. The van der Waals surface area contributed by atoms with Crippen molar-refractivity contribution >= 4 is 0 Å². The maximum atomic E-state index is 5.76. The fourth-order valence-electron chi connectivity index (χ4n) is 3.44. The number of hydrogen-bond acceptors (Lipinski definition) is 1. The monoisotopic (exact) mass is 338 g/mol. The largest absolute Gasteiger partial charge is 0.314 e. The van der Waals surface area contributed by atoms with Gasteiger partial charge in [0, 0.05) is 0 Å². The molecule has 0 N–H and O–H groups in total. The zero-order valence-corrected chi connectivity index (χ0v) is 17.1. The van der Waals surface area contributed by atoms with Crippen molar-refractivity contribution in [3.63, 3.8) is 0 Å². The SMILES string of the molecule is CCCCCCCC/C=C\CCCCCCCC1OC1[N+](C)(C)C. The highest BCUT2D eigenvalue weighted by Crippen LogP contribution is 2.32. The maximum absolute atomic E-state index is 5.76. The van der Waals surface area contributed by atoms with Crippen molar-refractivity contribution in [2.24, 2.45) is 0 Å². The molecule has 0 aromatic heterocycles. The number of allylic oxidation sites excluding steroid dienone is 2. The highest BCUT2D eigenvalue weighted by atomic mass is 16.6. The molecule has 0 amide bonds. The maximum Gasteiger partial charge on any atom is 0.220 e. The molecule has 2 heteroatoms. The van der Waals surface area contributed by atoms with Crippen molar-refractivity contribution in [1.82, 2.24) is 0 Å². The molecule has 1 fully saturated rings. The lowest BCUT2D eigenvalue weighted by atomic mass is 10.1. The van der Waals surface area contributed by atoms with Crippen LogP contribution in [0.5, 0.6) is 0 Å². The molecule has 0 aliphatic carbocycles. The quantitative estimate of drug-likeness (QED) is 0.136. The van der Waals surface area contributed by atoms with Gasteiger partial charge in [-0.15, -0.1) is 0 Å². The molecule has 0 aromatic carbocycles. The number of quaternary nitrogens is 1. The van der Waals surface area contributed by atoms with E-state index in [0.29, 0.717) is 12.3 Å². The summed E-state index contributed by atoms with van der Waals surface area (Å²) in [6.07, 6.45) is 25.0. The van der Waals surface area contributed by atoms with Gasteiger partial charge < -0.3 is 9.22 Å². The smallest absolute Gasteiger partial charge is 0.220 e. The normalized spacial score (nSPS) is 20.8. The lowest BCUT2D eigenvalue weighted by molar-refractivity contribution is -0.892. The third-order valence-corrected chi connectivity index (χ3v) is 5.07. The molecule has 2 nitrogen and oxygen atoms in total. The van der Waals surface area contributed by atoms with E-state index >= 15 is 0 Å². The molecule has 142 valence electrons. The first-order valence-corrected chi connectivity index (χ1v) is 10.7. The minimum Gasteiger partial charge on any atom is -0.314 e. The first-order valence-electron chi connectivity index (χ1n) is 10.7. The lowest BCUT2D eigenvalue weighted by Crippen LogP contribution is -2.38. The van der Waals surface area contributed by atoms with E-state index < -0.39 is 0 Å². The second-order valence-corrected chi connectivity index (χ2v) is 8.55. The molecule has 1 aliphatic rings. The molecule has 0 radical (unpaired) electrons. The van der Waals surface area contributed by atoms with Gasteiger partial charge in [0.1, 0.15) is 6.10 Å². The molecular weight excluding hydrogens is 294 g/mol. The van der Waals surface area contributed by atoms with Crippen LogP contribution in [0.3, 0.4) is 0 Å². The number of nitrogens with zero attached hydrogens (tertiary/aromatic N) is 1. The van der Waals surface area contributed by atoms with Crippen LogP contribution >= 0.6 is 0 Å². The van der Waals surface area contributed by atoms with Crippen molar-refractivity contribution in [3.8, 4) is 0 Å². The van der Waals surface area contributed by atoms with Gasteiger partial charge >= 0.3 is 0 Å². The number of unbranched alkanes of at least 4 members (excludes halogenated alkanes) is 11. The molecule has 1 saturated heterocycles. The van der Waals surface area contributed by atoms with Crippen molar-refractivity contribution in [2.45, 2.75) is 109 Å². The summed E-state index contributed by atoms with van der Waals surface area (Å²) in [5, 5.41) is 0. The van der Waals surface area contributed by atoms with Crippen LogP contribution in [0.4, 0.5) is 0 Å². The fraction of sp³-hybridized carbons (Fsp3) is 0.909. The summed E-state index contributed by atoms with van der Waals surface area (Å²) in [5.74, 6) is 0. The summed E-state index contributed by atoms with van der Waals surface area (Å²) in [6, 6.07) is 0. The Morgan fingerprint density at radius 1 is 0.708 bits per heavy atom. The fourth-order valence-corrected chi connectivity index (χ4v) is 3.44. The van der Waals surface area contributed by atoms with E-state index in [4.69, 9.17) is 4.74 Å². The standard InChI is InChI=1S/C22H44NO/c1-5-6-7-8-9-10-11-12-13-14-15-16-17-18-19-20-21-22(24-21)23(2,3)4/h12-13,21-22H,5-11,14-20H2,1-4H3/q+1/b13-12-. The highest BCUT2D eigenvalue weighted by molar-refractivity contribution is 4.81. The van der Waals surface area contributed by atoms with Crippen LogP contribution in [0.2, 0.25) is 0 Å². The van der Waals surface area contributed by atoms with Gasteiger partial charge in [0.15, 0.2) is 0 Å². The molecule has 1 aliphatic heterocycles. The zero-order valence-electron chi connectivity index (χ0n) is 17.1. The van der Waals surface area contributed by atoms with Crippen LogP contribution in [-0.2, 0) is 4.74 Å². The van der Waals surface area contributed by atoms with Gasteiger partial charge in [-0.3, -0.25) is 0 Å². The van der Waals surface area contributed by atoms with Crippen LogP contribution in [0.25, 0.3) is 0 Å². The number of hydrogen-bond donors (Lipinski definition) is 0. The Bertz CT molecular complexity index is 318. The average molecular weight is 339 g/mol. The molecule has 1 rings (SSSR count). The number of rotatable bonds is 16. The minimum atomic E-state index is 0.460. The van der Waals surface area contributed by atoms with Gasteiger partial charge in [-0.25, -0.2) is 0 Å². The summed E-state index contributed by atoms with van der Waals surface area (Å²) in [6.45, 7) is 2.28. The van der Waals surface area contributed by atoms with Crippen LogP contribution in [0.15, 0.2) is 12.2 Å². The van der Waals surface area contributed by atoms with Gasteiger partial charge in [0.25, 0.3) is 0 Å². The molecule has 1 heterocycles. The predicted molar refractivity (Wildman–Crippen MR) is 106 cm³/mol. The van der Waals surface area contributed by atoms with E-state index in [-0.39, 0.29) is 0 Å². The highest BCUT2D eigenvalue weighted by Gasteiger charge is 2.48. The van der Waals surface area contributed by atoms with Crippen molar-refractivity contribution in [1.29, 1.82) is 0 Å². The molecule has 0 spiro atoms. The number of ether oxygens (including phenoxy) is 1. The molecule has 0 bridgehead atoms. The molecule has 2 unspecified atom stereocenters. The Hall–Kier alpha value is -0.340. The van der Waals surface area contributed by atoms with E-state index in [1.807, 2.05) is 0 Å². The van der Waals surface area contributed by atoms with Crippen LogP contribution in [0, 0.1) is 0 Å². The Balaban J connectivity index is 1.76. The molecular formula is C22H44NO+. The average Bonchev–Trinajstić information content (AvgIpc) is 3.31. The number of epoxide rings is 1. The second kappa shape index (κ2) is 12.9. The van der Waals surface area contributed by atoms with E-state index in [9.17, 15) is 0 Å². The molecule has 0 saturated carbocycles. The summed E-state index contributed by atoms with van der Waals surface area (Å²) >= 11 is 0. The first-order chi connectivity index (χ1) is 11.6. The van der Waals surface area contributed by atoms with Crippen LogP contribution < -0.4 is 0 Å². The zero-order chi connectivity index (χ0) is 17.7. The molecule has 24 heavy (non-hydrogen) atoms. The van der Waals surface area contributed by atoms with E-state index in [1.165, 1.54) is 89.9 Å². The Morgan fingerprint density at radius 2 is 1.21 bits per heavy atom. The van der Waals surface area contributed by atoms with Crippen molar-refractivity contribution in [3.05, 3.63) is 12.2 Å². The second-order valence-electron chi connectivity index (χ2n) is 8.55. The molecule has 0 aromatic rings. The van der Waals surface area contributed by atoms with Gasteiger partial charge in [0.05, 0.1) is 21.1 Å². The summed E-state index contributed by atoms with van der Waals surface area (Å²) < 4.78 is 6.72. The summed E-state index contributed by atoms with van der Waals surface area (Å²) in [4.78, 5) is 0. The first kappa shape index (κ1) is 21.7. The summed E-state index contributed by atoms with van der Waals surface area (Å²) in [5.41, 5.74) is 0. The van der Waals surface area contributed by atoms with Crippen LogP contribution in [0.1, 0.15) is 96.8 Å². The van der Waals surface area contributed by atoms with E-state index in [0.717, 1.165) is 4.48 Å². The third kappa shape index (κ3) is 11.3. The van der Waals surface area contributed by atoms with Gasteiger partial charge in [-0.1, -0.05) is 76.9 Å². The predicted octanol–water partition coefficient (Wildman–Crippen LogP) is 6.46.